The normalized spacial score (nSPS) is 12.1. The Kier molecular flexibility index (Phi) is 5.52. The predicted octanol–water partition coefficient (Wildman–Crippen LogP) is 2.72. The van der Waals surface area contributed by atoms with Crippen molar-refractivity contribution in [1.82, 2.24) is 15.5 Å². The molecule has 3 rings (SSSR count). The Balaban J connectivity index is 1.45. The monoisotopic (exact) mass is 361 g/mol. The molecule has 0 bridgehead atoms. The van der Waals surface area contributed by atoms with Crippen LogP contribution in [0.15, 0.2) is 45.5 Å². The lowest BCUT2D eigenvalue weighted by molar-refractivity contribution is -0.121. The molecule has 0 aliphatic rings. The van der Waals surface area contributed by atoms with Crippen molar-refractivity contribution in [3.8, 4) is 11.5 Å². The lowest BCUT2D eigenvalue weighted by atomic mass is 10.1. The summed E-state index contributed by atoms with van der Waals surface area (Å²) < 4.78 is 18.6. The Hall–Kier alpha value is -2.58. The molecule has 0 spiro atoms. The van der Waals surface area contributed by atoms with Gasteiger partial charge in [-0.05, 0) is 29.1 Å². The first-order valence-corrected chi connectivity index (χ1v) is 8.61. The van der Waals surface area contributed by atoms with E-state index in [0.29, 0.717) is 23.8 Å². The van der Waals surface area contributed by atoms with Gasteiger partial charge in [0.15, 0.2) is 0 Å². The molecule has 2 aromatic heterocycles. The summed E-state index contributed by atoms with van der Waals surface area (Å²) >= 11 is 1.53. The molecule has 8 heteroatoms. The van der Waals surface area contributed by atoms with E-state index in [0.717, 1.165) is 5.56 Å². The number of hydrogen-bond acceptors (Lipinski definition) is 6. The summed E-state index contributed by atoms with van der Waals surface area (Å²) in [6.45, 7) is 0.00622. The number of hydrogen-bond donors (Lipinski definition) is 2. The van der Waals surface area contributed by atoms with Crippen molar-refractivity contribution in [3.63, 3.8) is 0 Å². The van der Waals surface area contributed by atoms with Gasteiger partial charge in [-0.3, -0.25) is 4.79 Å². The van der Waals surface area contributed by atoms with E-state index < -0.39 is 11.9 Å². The van der Waals surface area contributed by atoms with Crippen molar-refractivity contribution in [2.45, 2.75) is 18.9 Å². The molecule has 2 heterocycles. The van der Waals surface area contributed by atoms with Crippen molar-refractivity contribution in [1.29, 1.82) is 0 Å². The fraction of sp³-hybridized carbons (Fsp3) is 0.235. The van der Waals surface area contributed by atoms with Gasteiger partial charge in [-0.1, -0.05) is 12.1 Å². The summed E-state index contributed by atoms with van der Waals surface area (Å²) in [7, 11) is 0. The maximum absolute atomic E-state index is 13.1. The molecule has 0 aliphatic heterocycles. The third kappa shape index (κ3) is 4.71. The van der Waals surface area contributed by atoms with Gasteiger partial charge in [-0.15, -0.1) is 10.2 Å². The van der Waals surface area contributed by atoms with Crippen LogP contribution in [-0.2, 0) is 11.2 Å². The second kappa shape index (κ2) is 8.00. The van der Waals surface area contributed by atoms with Gasteiger partial charge in [-0.25, -0.2) is 4.39 Å². The Morgan fingerprint density at radius 3 is 3.00 bits per heavy atom. The molecule has 0 radical (unpaired) electrons. The molecule has 1 unspecified atom stereocenters. The van der Waals surface area contributed by atoms with Crippen molar-refractivity contribution < 1.29 is 18.7 Å². The first-order valence-electron chi connectivity index (χ1n) is 7.67. The number of carbonyl (C=O) groups is 1. The van der Waals surface area contributed by atoms with Crippen LogP contribution in [0, 0.1) is 5.82 Å². The van der Waals surface area contributed by atoms with Gasteiger partial charge in [-0.2, -0.15) is 11.3 Å². The molecule has 130 valence electrons. The Morgan fingerprint density at radius 2 is 2.24 bits per heavy atom. The van der Waals surface area contributed by atoms with E-state index >= 15 is 0 Å². The maximum Gasteiger partial charge on any atom is 0.248 e. The number of aliphatic hydroxyl groups is 1. The Bertz CT molecular complexity index is 835. The lowest BCUT2D eigenvalue weighted by Gasteiger charge is -2.12. The summed E-state index contributed by atoms with van der Waals surface area (Å²) in [5.74, 6) is 0.117. The second-order valence-corrected chi connectivity index (χ2v) is 6.17. The maximum atomic E-state index is 13.1. The van der Waals surface area contributed by atoms with Crippen molar-refractivity contribution in [2.24, 2.45) is 0 Å². The number of nitrogens with one attached hydrogen (secondary N) is 1. The van der Waals surface area contributed by atoms with Crippen molar-refractivity contribution in [3.05, 3.63) is 58.4 Å². The molecule has 0 saturated carbocycles. The van der Waals surface area contributed by atoms with Gasteiger partial charge >= 0.3 is 0 Å². The zero-order valence-electron chi connectivity index (χ0n) is 13.2. The zero-order chi connectivity index (χ0) is 17.6. The molecular weight excluding hydrogens is 345 g/mol. The number of aromatic nitrogens is 2. The predicted molar refractivity (Wildman–Crippen MR) is 90.3 cm³/mol. The molecule has 25 heavy (non-hydrogen) atoms. The fourth-order valence-electron chi connectivity index (χ4n) is 2.21. The van der Waals surface area contributed by atoms with Crippen LogP contribution in [0.2, 0.25) is 0 Å². The van der Waals surface area contributed by atoms with E-state index in [1.54, 1.807) is 6.07 Å². The molecule has 0 aliphatic carbocycles. The number of nitrogens with zero attached hydrogens (tertiary/aromatic N) is 2. The summed E-state index contributed by atoms with van der Waals surface area (Å²) in [6.07, 6.45) is -0.506. The molecule has 1 atom stereocenters. The highest BCUT2D eigenvalue weighted by Crippen LogP contribution is 2.20. The zero-order valence-corrected chi connectivity index (χ0v) is 14.0. The number of amides is 1. The topological polar surface area (TPSA) is 88.2 Å². The Morgan fingerprint density at radius 1 is 1.36 bits per heavy atom. The van der Waals surface area contributed by atoms with E-state index in [1.807, 2.05) is 16.8 Å². The average Bonchev–Trinajstić information content (AvgIpc) is 3.29. The first kappa shape index (κ1) is 17.2. The molecule has 6 nitrogen and oxygen atoms in total. The van der Waals surface area contributed by atoms with Crippen LogP contribution in [0.5, 0.6) is 0 Å². The first-order chi connectivity index (χ1) is 12.1. The van der Waals surface area contributed by atoms with Gasteiger partial charge in [0.25, 0.3) is 0 Å². The number of aliphatic hydroxyl groups excluding tert-OH is 1. The van der Waals surface area contributed by atoms with Gasteiger partial charge < -0.3 is 14.8 Å². The Labute approximate surface area is 147 Å². The number of halogens is 1. The molecule has 1 amide bonds. The highest BCUT2D eigenvalue weighted by molar-refractivity contribution is 7.08. The summed E-state index contributed by atoms with van der Waals surface area (Å²) in [6, 6.07) is 7.52. The largest absolute Gasteiger partial charge is 0.421 e. The van der Waals surface area contributed by atoms with E-state index in [-0.39, 0.29) is 18.9 Å². The second-order valence-electron chi connectivity index (χ2n) is 5.39. The summed E-state index contributed by atoms with van der Waals surface area (Å²) in [5.41, 5.74) is 1.27. The van der Waals surface area contributed by atoms with Crippen molar-refractivity contribution >= 4 is 17.2 Å². The van der Waals surface area contributed by atoms with Crippen LogP contribution in [0.1, 0.15) is 24.0 Å². The third-order valence-corrected chi connectivity index (χ3v) is 4.21. The average molecular weight is 361 g/mol. The van der Waals surface area contributed by atoms with Gasteiger partial charge in [0, 0.05) is 30.3 Å². The highest BCUT2D eigenvalue weighted by atomic mass is 32.1. The minimum Gasteiger partial charge on any atom is -0.421 e. The highest BCUT2D eigenvalue weighted by Gasteiger charge is 2.13. The van der Waals surface area contributed by atoms with Crippen LogP contribution < -0.4 is 5.32 Å². The van der Waals surface area contributed by atoms with Crippen molar-refractivity contribution in [2.75, 3.05) is 6.54 Å². The molecule has 3 aromatic rings. The standard InChI is InChI=1S/C17H16FN3O3S/c18-13-3-1-2-11(8-13)14(22)9-19-15(23)4-5-16-20-21-17(24-16)12-6-7-25-10-12/h1-3,6-8,10,14,22H,4-5,9H2,(H,19,23). The fourth-order valence-corrected chi connectivity index (χ4v) is 2.84. The number of benzene rings is 1. The molecule has 2 N–H and O–H groups in total. The third-order valence-electron chi connectivity index (χ3n) is 3.53. The number of carbonyl (C=O) groups excluding carboxylic acids is 1. The summed E-state index contributed by atoms with van der Waals surface area (Å²) in [4.78, 5) is 11.9. The van der Waals surface area contributed by atoms with Crippen LogP contribution in [0.3, 0.4) is 0 Å². The van der Waals surface area contributed by atoms with E-state index in [9.17, 15) is 14.3 Å². The molecule has 0 saturated heterocycles. The van der Waals surface area contributed by atoms with E-state index in [2.05, 4.69) is 15.5 Å². The smallest absolute Gasteiger partial charge is 0.248 e. The van der Waals surface area contributed by atoms with E-state index in [1.165, 1.54) is 29.5 Å². The van der Waals surface area contributed by atoms with E-state index in [4.69, 9.17) is 4.42 Å². The summed E-state index contributed by atoms with van der Waals surface area (Å²) in [5, 5.41) is 24.2. The van der Waals surface area contributed by atoms with Crippen LogP contribution in [0.25, 0.3) is 11.5 Å². The number of thiophene rings is 1. The minimum absolute atomic E-state index is 0.00622. The van der Waals surface area contributed by atoms with Gasteiger partial charge in [0.1, 0.15) is 5.82 Å². The molecule has 0 fully saturated rings. The molecular formula is C17H16FN3O3S. The van der Waals surface area contributed by atoms with Crippen LogP contribution >= 0.6 is 11.3 Å². The van der Waals surface area contributed by atoms with Crippen LogP contribution in [0.4, 0.5) is 4.39 Å². The number of aryl methyl sites for hydroxylation is 1. The lowest BCUT2D eigenvalue weighted by Crippen LogP contribution is -2.28. The SMILES string of the molecule is O=C(CCc1nnc(-c2ccsc2)o1)NCC(O)c1cccc(F)c1. The molecule has 1 aromatic carbocycles. The van der Waals surface area contributed by atoms with Gasteiger partial charge in [0.05, 0.1) is 6.10 Å². The van der Waals surface area contributed by atoms with Gasteiger partial charge in [0.2, 0.25) is 17.7 Å². The van der Waals surface area contributed by atoms with Crippen LogP contribution in [-0.4, -0.2) is 27.8 Å². The number of rotatable bonds is 7. The minimum atomic E-state index is -0.965. The quantitative estimate of drug-likeness (QED) is 0.675.